The van der Waals surface area contributed by atoms with Gasteiger partial charge >= 0.3 is 0 Å². The Balaban J connectivity index is 2.28. The van der Waals surface area contributed by atoms with Gasteiger partial charge in [0.25, 0.3) is 5.91 Å². The summed E-state index contributed by atoms with van der Waals surface area (Å²) in [5, 5.41) is 2.16. The fourth-order valence-corrected chi connectivity index (χ4v) is 2.64. The third kappa shape index (κ3) is 3.47. The monoisotopic (exact) mass is 316 g/mol. The summed E-state index contributed by atoms with van der Waals surface area (Å²) in [5.74, 6) is -1.20. The van der Waals surface area contributed by atoms with Gasteiger partial charge in [-0.2, -0.15) is 0 Å². The van der Waals surface area contributed by atoms with Crippen molar-refractivity contribution in [2.45, 2.75) is 45.6 Å². The number of benzene rings is 1. The zero-order valence-electron chi connectivity index (χ0n) is 13.5. The van der Waals surface area contributed by atoms with Crippen LogP contribution >= 0.6 is 0 Å². The highest BCUT2D eigenvalue weighted by atomic mass is 16.2. The molecule has 122 valence electrons. The van der Waals surface area contributed by atoms with Gasteiger partial charge in [0.2, 0.25) is 18.2 Å². The Morgan fingerprint density at radius 3 is 2.57 bits per heavy atom. The molecular formula is C17H20N2O4. The number of carbonyl (C=O) groups excluding carboxylic acids is 4. The molecule has 1 unspecified atom stereocenters. The van der Waals surface area contributed by atoms with Crippen LogP contribution in [0.2, 0.25) is 0 Å². The average Bonchev–Trinajstić information content (AvgIpc) is 2.49. The van der Waals surface area contributed by atoms with Gasteiger partial charge in [0, 0.05) is 12.0 Å². The van der Waals surface area contributed by atoms with Crippen molar-refractivity contribution >= 4 is 24.1 Å². The summed E-state index contributed by atoms with van der Waals surface area (Å²) in [7, 11) is 0. The molecule has 1 saturated heterocycles. The quantitative estimate of drug-likeness (QED) is 0.674. The molecule has 1 heterocycles. The van der Waals surface area contributed by atoms with Crippen molar-refractivity contribution in [3.8, 4) is 0 Å². The van der Waals surface area contributed by atoms with Gasteiger partial charge < -0.3 is 0 Å². The van der Waals surface area contributed by atoms with E-state index >= 15 is 0 Å². The number of piperidine rings is 1. The molecule has 0 radical (unpaired) electrons. The smallest absolute Gasteiger partial charge is 0.261 e. The van der Waals surface area contributed by atoms with Crippen LogP contribution in [-0.2, 0) is 14.4 Å². The van der Waals surface area contributed by atoms with Gasteiger partial charge in [-0.1, -0.05) is 26.0 Å². The van der Waals surface area contributed by atoms with E-state index in [1.54, 1.807) is 13.0 Å². The summed E-state index contributed by atoms with van der Waals surface area (Å²) in [6.45, 7) is 5.90. The molecule has 0 spiro atoms. The third-order valence-electron chi connectivity index (χ3n) is 4.04. The number of rotatable bonds is 4. The normalized spacial score (nSPS) is 17.8. The summed E-state index contributed by atoms with van der Waals surface area (Å²) in [4.78, 5) is 48.0. The molecule has 1 aromatic carbocycles. The van der Waals surface area contributed by atoms with Crippen LogP contribution in [0, 0.1) is 6.92 Å². The summed E-state index contributed by atoms with van der Waals surface area (Å²) >= 11 is 0. The molecule has 0 bridgehead atoms. The Labute approximate surface area is 134 Å². The average molecular weight is 316 g/mol. The van der Waals surface area contributed by atoms with Crippen molar-refractivity contribution in [3.63, 3.8) is 0 Å². The number of nitrogens with one attached hydrogen (secondary N) is 1. The van der Waals surface area contributed by atoms with Crippen molar-refractivity contribution in [1.29, 1.82) is 0 Å². The second kappa shape index (κ2) is 6.73. The predicted octanol–water partition coefficient (Wildman–Crippen LogP) is 1.52. The van der Waals surface area contributed by atoms with E-state index in [1.165, 1.54) is 0 Å². The number of imide groups is 2. The SMILES string of the molecule is Cc1cc(C(C)C)ccc1C(=O)N(C=O)C1CCC(=O)NC1=O. The molecule has 1 fully saturated rings. The summed E-state index contributed by atoms with van der Waals surface area (Å²) in [5.41, 5.74) is 2.23. The van der Waals surface area contributed by atoms with Crippen LogP contribution < -0.4 is 5.32 Å². The fourth-order valence-electron chi connectivity index (χ4n) is 2.64. The van der Waals surface area contributed by atoms with Gasteiger partial charge in [-0.3, -0.25) is 29.4 Å². The Morgan fingerprint density at radius 2 is 2.04 bits per heavy atom. The molecule has 6 heteroatoms. The van der Waals surface area contributed by atoms with E-state index in [2.05, 4.69) is 19.2 Å². The number of aryl methyl sites for hydroxylation is 1. The molecule has 0 saturated carbocycles. The Kier molecular flexibility index (Phi) is 4.93. The van der Waals surface area contributed by atoms with Gasteiger partial charge in [0.15, 0.2) is 0 Å². The maximum Gasteiger partial charge on any atom is 0.261 e. The Hall–Kier alpha value is -2.50. The highest BCUT2D eigenvalue weighted by Crippen LogP contribution is 2.21. The highest BCUT2D eigenvalue weighted by molar-refractivity contribution is 6.07. The second-order valence-corrected chi connectivity index (χ2v) is 6.01. The van der Waals surface area contributed by atoms with E-state index in [4.69, 9.17) is 0 Å². The van der Waals surface area contributed by atoms with E-state index in [0.29, 0.717) is 17.9 Å². The highest BCUT2D eigenvalue weighted by Gasteiger charge is 2.35. The maximum absolute atomic E-state index is 12.6. The molecule has 1 aromatic rings. The van der Waals surface area contributed by atoms with Crippen molar-refractivity contribution < 1.29 is 19.2 Å². The minimum atomic E-state index is -0.943. The molecule has 6 nitrogen and oxygen atoms in total. The molecular weight excluding hydrogens is 296 g/mol. The largest absolute Gasteiger partial charge is 0.295 e. The van der Waals surface area contributed by atoms with Gasteiger partial charge in [-0.15, -0.1) is 0 Å². The Bertz CT molecular complexity index is 667. The number of carbonyl (C=O) groups is 4. The summed E-state index contributed by atoms with van der Waals surface area (Å²) < 4.78 is 0. The lowest BCUT2D eigenvalue weighted by Crippen LogP contribution is -2.53. The molecule has 0 aromatic heterocycles. The molecule has 2 rings (SSSR count). The van der Waals surface area contributed by atoms with Gasteiger partial charge in [0.1, 0.15) is 6.04 Å². The lowest BCUT2D eigenvalue weighted by atomic mass is 9.96. The molecule has 1 N–H and O–H groups in total. The fraction of sp³-hybridized carbons (Fsp3) is 0.412. The minimum absolute atomic E-state index is 0.110. The third-order valence-corrected chi connectivity index (χ3v) is 4.04. The predicted molar refractivity (Wildman–Crippen MR) is 83.7 cm³/mol. The molecule has 1 aliphatic heterocycles. The van der Waals surface area contributed by atoms with E-state index in [0.717, 1.165) is 16.0 Å². The van der Waals surface area contributed by atoms with Gasteiger partial charge in [-0.05, 0) is 36.5 Å². The van der Waals surface area contributed by atoms with E-state index in [9.17, 15) is 19.2 Å². The zero-order valence-corrected chi connectivity index (χ0v) is 13.5. The van der Waals surface area contributed by atoms with Crippen LogP contribution in [0.15, 0.2) is 18.2 Å². The van der Waals surface area contributed by atoms with Crippen LogP contribution in [0.1, 0.15) is 54.1 Å². The molecule has 4 amide bonds. The van der Waals surface area contributed by atoms with E-state index in [-0.39, 0.29) is 18.7 Å². The van der Waals surface area contributed by atoms with Crippen LogP contribution in [0.5, 0.6) is 0 Å². The number of hydrogen-bond donors (Lipinski definition) is 1. The van der Waals surface area contributed by atoms with E-state index < -0.39 is 17.9 Å². The van der Waals surface area contributed by atoms with Crippen LogP contribution in [-0.4, -0.2) is 35.1 Å². The number of hydrogen-bond acceptors (Lipinski definition) is 4. The van der Waals surface area contributed by atoms with Crippen LogP contribution in [0.3, 0.4) is 0 Å². The summed E-state index contributed by atoms with van der Waals surface area (Å²) in [6, 6.07) is 4.49. The van der Waals surface area contributed by atoms with Crippen molar-refractivity contribution in [2.24, 2.45) is 0 Å². The number of nitrogens with zero attached hydrogens (tertiary/aromatic N) is 1. The lowest BCUT2D eigenvalue weighted by Gasteiger charge is -2.28. The first kappa shape index (κ1) is 16.9. The zero-order chi connectivity index (χ0) is 17.1. The Morgan fingerprint density at radius 1 is 1.35 bits per heavy atom. The van der Waals surface area contributed by atoms with Gasteiger partial charge in [0.05, 0.1) is 0 Å². The molecule has 23 heavy (non-hydrogen) atoms. The topological polar surface area (TPSA) is 83.6 Å². The molecule has 1 aliphatic rings. The van der Waals surface area contributed by atoms with Gasteiger partial charge in [-0.25, -0.2) is 0 Å². The van der Waals surface area contributed by atoms with Crippen molar-refractivity contribution in [2.75, 3.05) is 0 Å². The number of amides is 4. The van der Waals surface area contributed by atoms with Crippen LogP contribution in [0.25, 0.3) is 0 Å². The first-order chi connectivity index (χ1) is 10.8. The first-order valence-corrected chi connectivity index (χ1v) is 7.57. The first-order valence-electron chi connectivity index (χ1n) is 7.57. The van der Waals surface area contributed by atoms with Crippen molar-refractivity contribution in [1.82, 2.24) is 10.2 Å². The second-order valence-electron chi connectivity index (χ2n) is 6.01. The van der Waals surface area contributed by atoms with Crippen molar-refractivity contribution in [3.05, 3.63) is 34.9 Å². The molecule has 0 aliphatic carbocycles. The maximum atomic E-state index is 12.6. The molecule has 1 atom stereocenters. The standard InChI is InChI=1S/C17H20N2O4/c1-10(2)12-4-5-13(11(3)8-12)17(23)19(9-20)14-6-7-15(21)18-16(14)22/h4-5,8-10,14H,6-7H2,1-3H3,(H,18,21,22). The lowest BCUT2D eigenvalue weighted by molar-refractivity contribution is -0.139. The van der Waals surface area contributed by atoms with E-state index in [1.807, 2.05) is 12.1 Å². The summed E-state index contributed by atoms with van der Waals surface area (Å²) in [6.07, 6.45) is 0.621. The minimum Gasteiger partial charge on any atom is -0.295 e. The van der Waals surface area contributed by atoms with Crippen LogP contribution in [0.4, 0.5) is 0 Å².